The Morgan fingerprint density at radius 2 is 2.12 bits per heavy atom. The maximum atomic E-state index is 12.1. The van der Waals surface area contributed by atoms with Crippen LogP contribution in [0, 0.1) is 0 Å². The summed E-state index contributed by atoms with van der Waals surface area (Å²) in [6, 6.07) is -0.0306. The van der Waals surface area contributed by atoms with Gasteiger partial charge in [-0.3, -0.25) is 9.91 Å². The van der Waals surface area contributed by atoms with Crippen molar-refractivity contribution in [2.24, 2.45) is 0 Å². The van der Waals surface area contributed by atoms with Gasteiger partial charge in [0, 0.05) is 32.4 Å². The highest BCUT2D eigenvalue weighted by molar-refractivity contribution is 8.23. The first-order valence-corrected chi connectivity index (χ1v) is 6.64. The Balaban J connectivity index is 1.95. The predicted molar refractivity (Wildman–Crippen MR) is 67.3 cm³/mol. The maximum Gasteiger partial charge on any atom is 0.339 e. The summed E-state index contributed by atoms with van der Waals surface area (Å²) in [6.07, 6.45) is 0. The molecule has 2 amide bonds. The molecule has 0 aromatic carbocycles. The molecule has 16 heavy (non-hydrogen) atoms. The minimum atomic E-state index is -0.0306. The lowest BCUT2D eigenvalue weighted by Crippen LogP contribution is -2.53. The summed E-state index contributed by atoms with van der Waals surface area (Å²) >= 11 is 6.70. The average molecular weight is 261 g/mol. The first-order chi connectivity index (χ1) is 7.70. The van der Waals surface area contributed by atoms with Gasteiger partial charge in [-0.2, -0.15) is 0 Å². The van der Waals surface area contributed by atoms with Gasteiger partial charge >= 0.3 is 6.03 Å². The number of carbonyl (C=O) groups is 1. The van der Waals surface area contributed by atoms with Crippen molar-refractivity contribution in [1.29, 1.82) is 0 Å². The summed E-state index contributed by atoms with van der Waals surface area (Å²) in [5.74, 6) is 0.904. The molecular formula is C9H15N3O2S2. The fraction of sp³-hybridized carbons (Fsp3) is 0.778. The Labute approximate surface area is 105 Å². The number of carbonyl (C=O) groups excluding carboxylic acids is 1. The smallest absolute Gasteiger partial charge is 0.339 e. The monoisotopic (exact) mass is 261 g/mol. The molecule has 90 valence electrons. The maximum absolute atomic E-state index is 12.1. The van der Waals surface area contributed by atoms with Crippen LogP contribution in [-0.2, 0) is 4.74 Å². The first kappa shape index (κ1) is 12.1. The molecule has 0 N–H and O–H groups in total. The molecule has 2 aliphatic heterocycles. The number of hydrazine groups is 1. The van der Waals surface area contributed by atoms with Gasteiger partial charge in [-0.15, -0.1) is 0 Å². The van der Waals surface area contributed by atoms with E-state index in [4.69, 9.17) is 17.0 Å². The fourth-order valence-corrected chi connectivity index (χ4v) is 2.91. The summed E-state index contributed by atoms with van der Waals surface area (Å²) < 4.78 is 5.94. The number of morpholine rings is 1. The van der Waals surface area contributed by atoms with Gasteiger partial charge in [-0.05, 0) is 0 Å². The molecule has 5 nitrogen and oxygen atoms in total. The quantitative estimate of drug-likeness (QED) is 0.647. The zero-order chi connectivity index (χ0) is 11.5. The molecule has 0 bridgehead atoms. The zero-order valence-electron chi connectivity index (χ0n) is 9.22. The van der Waals surface area contributed by atoms with Crippen LogP contribution in [0.25, 0.3) is 0 Å². The van der Waals surface area contributed by atoms with Crippen LogP contribution in [0.1, 0.15) is 0 Å². The number of hydrogen-bond acceptors (Lipinski definition) is 5. The van der Waals surface area contributed by atoms with Crippen LogP contribution in [0.4, 0.5) is 4.79 Å². The standard InChI is InChI=1S/C9H15N3O2S2/c1-10(11-2-5-14-6-3-11)8(13)12-4-7-16-9(12)15/h2-7H2,1H3. The number of thiocarbonyl (C=S) groups is 1. The molecule has 2 fully saturated rings. The highest BCUT2D eigenvalue weighted by Gasteiger charge is 2.29. The molecule has 0 saturated carbocycles. The predicted octanol–water partition coefficient (Wildman–Crippen LogP) is 0.619. The van der Waals surface area contributed by atoms with Gasteiger partial charge in [0.1, 0.15) is 4.32 Å². The normalized spacial score (nSPS) is 22.6. The largest absolute Gasteiger partial charge is 0.379 e. The fourth-order valence-electron chi connectivity index (χ4n) is 1.72. The number of urea groups is 1. The second-order valence-corrected chi connectivity index (χ2v) is 5.37. The lowest BCUT2D eigenvalue weighted by atomic mass is 10.5. The minimum Gasteiger partial charge on any atom is -0.379 e. The second-order valence-electron chi connectivity index (χ2n) is 3.64. The molecule has 7 heteroatoms. The number of thioether (sulfide) groups is 1. The minimum absolute atomic E-state index is 0.0306. The SMILES string of the molecule is CN(C(=O)N1CCSC1=S)N1CCOCC1. The van der Waals surface area contributed by atoms with E-state index < -0.39 is 0 Å². The Kier molecular flexibility index (Phi) is 4.01. The molecule has 0 aliphatic carbocycles. The van der Waals surface area contributed by atoms with Crippen molar-refractivity contribution in [3.05, 3.63) is 0 Å². The van der Waals surface area contributed by atoms with Crippen molar-refractivity contribution in [1.82, 2.24) is 14.9 Å². The summed E-state index contributed by atoms with van der Waals surface area (Å²) in [5.41, 5.74) is 0. The highest BCUT2D eigenvalue weighted by Crippen LogP contribution is 2.19. The van der Waals surface area contributed by atoms with Crippen LogP contribution < -0.4 is 0 Å². The van der Waals surface area contributed by atoms with Gasteiger partial charge in [0.15, 0.2) is 0 Å². The van der Waals surface area contributed by atoms with E-state index in [9.17, 15) is 4.79 Å². The van der Waals surface area contributed by atoms with Crippen LogP contribution >= 0.6 is 24.0 Å². The number of ether oxygens (including phenoxy) is 1. The van der Waals surface area contributed by atoms with Crippen LogP contribution in [-0.4, -0.2) is 70.9 Å². The third-order valence-electron chi connectivity index (χ3n) is 2.68. The summed E-state index contributed by atoms with van der Waals surface area (Å²) in [7, 11) is 1.79. The Bertz CT molecular complexity index is 294. The highest BCUT2D eigenvalue weighted by atomic mass is 32.2. The van der Waals surface area contributed by atoms with Gasteiger partial charge in [0.2, 0.25) is 0 Å². The van der Waals surface area contributed by atoms with E-state index in [1.54, 1.807) is 28.7 Å². The molecule has 0 aromatic rings. The number of rotatable bonds is 1. The summed E-state index contributed by atoms with van der Waals surface area (Å²) in [6.45, 7) is 3.59. The third-order valence-corrected chi connectivity index (χ3v) is 4.11. The van der Waals surface area contributed by atoms with E-state index in [-0.39, 0.29) is 6.03 Å². The van der Waals surface area contributed by atoms with Gasteiger partial charge in [-0.1, -0.05) is 24.0 Å². The Morgan fingerprint density at radius 1 is 1.44 bits per heavy atom. The topological polar surface area (TPSA) is 36.0 Å². The van der Waals surface area contributed by atoms with E-state index in [0.717, 1.165) is 25.4 Å². The molecule has 0 aromatic heterocycles. The van der Waals surface area contributed by atoms with Crippen molar-refractivity contribution >= 4 is 34.3 Å². The molecule has 2 heterocycles. The van der Waals surface area contributed by atoms with Crippen molar-refractivity contribution in [2.75, 3.05) is 45.6 Å². The van der Waals surface area contributed by atoms with Gasteiger partial charge in [-0.25, -0.2) is 9.80 Å². The second kappa shape index (κ2) is 5.31. The molecular weight excluding hydrogens is 246 g/mol. The Hall–Kier alpha value is -0.370. The zero-order valence-corrected chi connectivity index (χ0v) is 10.9. The number of hydrogen-bond donors (Lipinski definition) is 0. The van der Waals surface area contributed by atoms with Crippen LogP contribution in [0.2, 0.25) is 0 Å². The van der Waals surface area contributed by atoms with Crippen LogP contribution in [0.15, 0.2) is 0 Å². The lowest BCUT2D eigenvalue weighted by Gasteiger charge is -2.36. The summed E-state index contributed by atoms with van der Waals surface area (Å²) in [4.78, 5) is 13.8. The summed E-state index contributed by atoms with van der Waals surface area (Å²) in [5, 5.41) is 3.65. The van der Waals surface area contributed by atoms with E-state index >= 15 is 0 Å². The average Bonchev–Trinajstić information content (AvgIpc) is 2.75. The number of amides is 2. The molecule has 2 rings (SSSR count). The third kappa shape index (κ3) is 2.48. The molecule has 2 aliphatic rings. The van der Waals surface area contributed by atoms with Crippen molar-refractivity contribution in [3.8, 4) is 0 Å². The van der Waals surface area contributed by atoms with Crippen molar-refractivity contribution in [3.63, 3.8) is 0 Å². The van der Waals surface area contributed by atoms with Crippen molar-refractivity contribution in [2.45, 2.75) is 0 Å². The Morgan fingerprint density at radius 3 is 2.69 bits per heavy atom. The molecule has 0 atom stereocenters. The van der Waals surface area contributed by atoms with E-state index in [1.807, 2.05) is 5.01 Å². The molecule has 0 radical (unpaired) electrons. The molecule has 2 saturated heterocycles. The number of nitrogens with zero attached hydrogens (tertiary/aromatic N) is 3. The van der Waals surface area contributed by atoms with Gasteiger partial charge < -0.3 is 4.74 Å². The van der Waals surface area contributed by atoms with Gasteiger partial charge in [0.05, 0.1) is 13.2 Å². The van der Waals surface area contributed by atoms with Crippen LogP contribution in [0.3, 0.4) is 0 Å². The first-order valence-electron chi connectivity index (χ1n) is 5.25. The van der Waals surface area contributed by atoms with Crippen molar-refractivity contribution < 1.29 is 9.53 Å². The van der Waals surface area contributed by atoms with Crippen LogP contribution in [0.5, 0.6) is 0 Å². The van der Waals surface area contributed by atoms with Gasteiger partial charge in [0.25, 0.3) is 0 Å². The molecule has 0 spiro atoms. The van der Waals surface area contributed by atoms with E-state index in [1.165, 1.54) is 0 Å². The van der Waals surface area contributed by atoms with E-state index in [2.05, 4.69) is 0 Å². The molecule has 0 unspecified atom stereocenters. The van der Waals surface area contributed by atoms with E-state index in [0.29, 0.717) is 17.5 Å². The lowest BCUT2D eigenvalue weighted by molar-refractivity contribution is -0.0540.